The zero-order valence-corrected chi connectivity index (χ0v) is 10.2. The Morgan fingerprint density at radius 2 is 2.11 bits per heavy atom. The molecule has 1 aromatic carbocycles. The molecule has 0 radical (unpaired) electrons. The summed E-state index contributed by atoms with van der Waals surface area (Å²) in [5, 5.41) is 21.6. The van der Waals surface area contributed by atoms with Gasteiger partial charge in [0.25, 0.3) is 5.91 Å². The molecule has 102 valence electrons. The Bertz CT molecular complexity index is 528. The van der Waals surface area contributed by atoms with Crippen LogP contribution in [0.3, 0.4) is 0 Å². The lowest BCUT2D eigenvalue weighted by atomic mass is 10.1. The van der Waals surface area contributed by atoms with Crippen molar-refractivity contribution in [3.8, 4) is 5.75 Å². The number of carbonyl (C=O) groups is 2. The van der Waals surface area contributed by atoms with E-state index in [4.69, 9.17) is 9.84 Å². The summed E-state index contributed by atoms with van der Waals surface area (Å²) in [6.07, 6.45) is 0. The third kappa shape index (κ3) is 3.41. The zero-order chi connectivity index (χ0) is 14.6. The van der Waals surface area contributed by atoms with Crippen LogP contribution >= 0.6 is 0 Å². The first kappa shape index (κ1) is 14.4. The maximum atomic E-state index is 11.7. The number of benzene rings is 1. The van der Waals surface area contributed by atoms with Crippen LogP contribution < -0.4 is 10.1 Å². The lowest BCUT2D eigenvalue weighted by Gasteiger charge is -2.09. The number of amides is 1. The summed E-state index contributed by atoms with van der Waals surface area (Å²) >= 11 is 0. The highest BCUT2D eigenvalue weighted by Gasteiger charge is 2.20. The highest BCUT2D eigenvalue weighted by Crippen LogP contribution is 2.27. The first-order valence-corrected chi connectivity index (χ1v) is 5.23. The minimum absolute atomic E-state index is 0.0133. The first-order chi connectivity index (χ1) is 8.86. The van der Waals surface area contributed by atoms with Gasteiger partial charge in [0.15, 0.2) is 5.75 Å². The lowest BCUT2D eigenvalue weighted by molar-refractivity contribution is -0.385. The maximum Gasteiger partial charge on any atom is 0.325 e. The molecule has 0 unspecified atom stereocenters. The quantitative estimate of drug-likeness (QED) is 0.602. The number of hydrogen-bond acceptors (Lipinski definition) is 5. The van der Waals surface area contributed by atoms with Gasteiger partial charge in [-0.25, -0.2) is 0 Å². The average Bonchev–Trinajstić information content (AvgIpc) is 2.37. The zero-order valence-electron chi connectivity index (χ0n) is 10.2. The summed E-state index contributed by atoms with van der Waals surface area (Å²) in [4.78, 5) is 32.4. The number of nitrogens with zero attached hydrogens (tertiary/aromatic N) is 1. The molecule has 0 aromatic heterocycles. The van der Waals surface area contributed by atoms with E-state index in [0.29, 0.717) is 0 Å². The molecular weight excluding hydrogens is 256 g/mol. The van der Waals surface area contributed by atoms with Crippen molar-refractivity contribution in [2.75, 3.05) is 7.11 Å². The second-order valence-electron chi connectivity index (χ2n) is 3.68. The van der Waals surface area contributed by atoms with Crippen LogP contribution in [-0.4, -0.2) is 35.1 Å². The third-order valence-electron chi connectivity index (χ3n) is 2.36. The first-order valence-electron chi connectivity index (χ1n) is 5.23. The number of aliphatic carboxylic acids is 1. The summed E-state index contributed by atoms with van der Waals surface area (Å²) < 4.78 is 4.79. The van der Waals surface area contributed by atoms with E-state index in [1.165, 1.54) is 26.2 Å². The topological polar surface area (TPSA) is 119 Å². The molecule has 1 aromatic rings. The molecule has 0 bridgehead atoms. The van der Waals surface area contributed by atoms with E-state index in [1.54, 1.807) is 0 Å². The van der Waals surface area contributed by atoms with Crippen molar-refractivity contribution in [3.05, 3.63) is 33.9 Å². The number of carboxylic acids is 1. The smallest absolute Gasteiger partial charge is 0.325 e. The number of methoxy groups -OCH3 is 1. The van der Waals surface area contributed by atoms with Crippen LogP contribution in [-0.2, 0) is 4.79 Å². The molecule has 0 heterocycles. The van der Waals surface area contributed by atoms with Crippen molar-refractivity contribution in [1.29, 1.82) is 0 Å². The van der Waals surface area contributed by atoms with Gasteiger partial charge in [0, 0.05) is 11.6 Å². The van der Waals surface area contributed by atoms with Crippen molar-refractivity contribution >= 4 is 17.6 Å². The molecule has 1 rings (SSSR count). The Morgan fingerprint density at radius 3 is 2.58 bits per heavy atom. The summed E-state index contributed by atoms with van der Waals surface area (Å²) in [5.41, 5.74) is -0.376. The normalized spacial score (nSPS) is 11.5. The van der Waals surface area contributed by atoms with Gasteiger partial charge in [0.1, 0.15) is 6.04 Å². The molecule has 8 nitrogen and oxygen atoms in total. The summed E-state index contributed by atoms with van der Waals surface area (Å²) in [6, 6.07) is 2.53. The van der Waals surface area contributed by atoms with Crippen LogP contribution in [0.25, 0.3) is 0 Å². The largest absolute Gasteiger partial charge is 0.490 e. The summed E-state index contributed by atoms with van der Waals surface area (Å²) in [7, 11) is 1.27. The Hall–Kier alpha value is -2.64. The number of ether oxygens (including phenoxy) is 1. The highest BCUT2D eigenvalue weighted by molar-refractivity contribution is 5.97. The fraction of sp³-hybridized carbons (Fsp3) is 0.273. The number of carbonyl (C=O) groups excluding carboxylic acids is 1. The van der Waals surface area contributed by atoms with Crippen molar-refractivity contribution in [2.24, 2.45) is 0 Å². The summed E-state index contributed by atoms with van der Waals surface area (Å²) in [5.74, 6) is -1.88. The number of carboxylic acid groups (broad SMARTS) is 1. The van der Waals surface area contributed by atoms with Gasteiger partial charge in [-0.2, -0.15) is 0 Å². The molecule has 8 heteroatoms. The van der Waals surface area contributed by atoms with Crippen LogP contribution in [0.4, 0.5) is 5.69 Å². The van der Waals surface area contributed by atoms with Gasteiger partial charge in [-0.3, -0.25) is 19.7 Å². The third-order valence-corrected chi connectivity index (χ3v) is 2.36. The van der Waals surface area contributed by atoms with Crippen LogP contribution in [0.15, 0.2) is 18.2 Å². The monoisotopic (exact) mass is 268 g/mol. The van der Waals surface area contributed by atoms with Crippen LogP contribution in [0.5, 0.6) is 5.75 Å². The van der Waals surface area contributed by atoms with Gasteiger partial charge in [0.05, 0.1) is 12.0 Å². The molecule has 0 saturated carbocycles. The van der Waals surface area contributed by atoms with E-state index in [0.717, 1.165) is 6.07 Å². The lowest BCUT2D eigenvalue weighted by Crippen LogP contribution is -2.38. The van der Waals surface area contributed by atoms with E-state index in [-0.39, 0.29) is 17.0 Å². The maximum absolute atomic E-state index is 11.7. The van der Waals surface area contributed by atoms with Crippen molar-refractivity contribution in [2.45, 2.75) is 13.0 Å². The van der Waals surface area contributed by atoms with Gasteiger partial charge in [-0.1, -0.05) is 0 Å². The molecule has 19 heavy (non-hydrogen) atoms. The van der Waals surface area contributed by atoms with Crippen molar-refractivity contribution < 1.29 is 24.4 Å². The molecule has 0 spiro atoms. The van der Waals surface area contributed by atoms with Crippen molar-refractivity contribution in [1.82, 2.24) is 5.32 Å². The summed E-state index contributed by atoms with van der Waals surface area (Å²) in [6.45, 7) is 1.29. The van der Waals surface area contributed by atoms with Gasteiger partial charge in [-0.15, -0.1) is 0 Å². The molecule has 1 amide bonds. The number of nitro groups is 1. The fourth-order valence-corrected chi connectivity index (χ4v) is 1.32. The standard InChI is InChI=1S/C11H12N2O6/c1-6(11(15)16)12-10(14)7-3-4-9(19-2)8(5-7)13(17)18/h3-6H,1-2H3,(H,12,14)(H,15,16)/t6-/m0/s1. The number of hydrogen-bond donors (Lipinski definition) is 2. The molecule has 0 aliphatic heterocycles. The van der Waals surface area contributed by atoms with Crippen LogP contribution in [0, 0.1) is 10.1 Å². The van der Waals surface area contributed by atoms with E-state index < -0.39 is 22.8 Å². The van der Waals surface area contributed by atoms with Gasteiger partial charge >= 0.3 is 11.7 Å². The van der Waals surface area contributed by atoms with E-state index in [1.807, 2.05) is 0 Å². The predicted molar refractivity (Wildman–Crippen MR) is 64.2 cm³/mol. The van der Waals surface area contributed by atoms with Gasteiger partial charge in [-0.05, 0) is 19.1 Å². The Balaban J connectivity index is 3.02. The minimum atomic E-state index is -1.20. The molecule has 0 fully saturated rings. The van der Waals surface area contributed by atoms with E-state index in [9.17, 15) is 19.7 Å². The van der Waals surface area contributed by atoms with E-state index in [2.05, 4.69) is 5.32 Å². The predicted octanol–water partition coefficient (Wildman–Crippen LogP) is 0.806. The Kier molecular flexibility index (Phi) is 4.41. The minimum Gasteiger partial charge on any atom is -0.490 e. The SMILES string of the molecule is COc1ccc(C(=O)N[C@@H](C)C(=O)O)cc1[N+](=O)[O-]. The Labute approximate surface area is 108 Å². The molecular formula is C11H12N2O6. The molecule has 0 aliphatic carbocycles. The second-order valence-corrected chi connectivity index (χ2v) is 3.68. The number of nitro benzene ring substituents is 1. The number of nitrogens with one attached hydrogen (secondary N) is 1. The van der Waals surface area contributed by atoms with E-state index >= 15 is 0 Å². The Morgan fingerprint density at radius 1 is 1.47 bits per heavy atom. The van der Waals surface area contributed by atoms with Gasteiger partial charge < -0.3 is 15.2 Å². The molecule has 0 saturated heterocycles. The van der Waals surface area contributed by atoms with Crippen LogP contribution in [0.2, 0.25) is 0 Å². The van der Waals surface area contributed by atoms with Crippen LogP contribution in [0.1, 0.15) is 17.3 Å². The second kappa shape index (κ2) is 5.80. The highest BCUT2D eigenvalue weighted by atomic mass is 16.6. The van der Waals surface area contributed by atoms with Gasteiger partial charge in [0.2, 0.25) is 0 Å². The van der Waals surface area contributed by atoms with Crippen molar-refractivity contribution in [3.63, 3.8) is 0 Å². The molecule has 2 N–H and O–H groups in total. The molecule has 0 aliphatic rings. The average molecular weight is 268 g/mol. The molecule has 1 atom stereocenters. The fourth-order valence-electron chi connectivity index (χ4n) is 1.32. The number of rotatable bonds is 5.